The van der Waals surface area contributed by atoms with Crippen LogP contribution in [-0.2, 0) is 9.59 Å². The molecule has 1 aromatic rings. The van der Waals surface area contributed by atoms with E-state index in [4.69, 9.17) is 18.0 Å². The smallest absolute Gasteiger partial charge is 0.237 e. The van der Waals surface area contributed by atoms with Crippen molar-refractivity contribution >= 4 is 34.7 Å². The van der Waals surface area contributed by atoms with Crippen LogP contribution in [0.15, 0.2) is 18.2 Å². The zero-order valence-electron chi connectivity index (χ0n) is 9.22. The van der Waals surface area contributed by atoms with Gasteiger partial charge in [0.1, 0.15) is 10.8 Å². The molecular weight excluding hydrogens is 255 g/mol. The standard InChI is InChI=1S/C12H9FN2O2S/c13-9-2-1-5(3-8(9)10(14)18)15-11(16)6-4-7(6)12(15)17/h1-3,6-7H,4H2,(H2,14,18). The van der Waals surface area contributed by atoms with E-state index in [-0.39, 0.29) is 34.2 Å². The van der Waals surface area contributed by atoms with Crippen LogP contribution in [0.3, 0.4) is 0 Å². The molecule has 1 aliphatic carbocycles. The summed E-state index contributed by atoms with van der Waals surface area (Å²) < 4.78 is 13.4. The van der Waals surface area contributed by atoms with Gasteiger partial charge in [-0.3, -0.25) is 14.5 Å². The minimum Gasteiger partial charge on any atom is -0.389 e. The molecule has 0 radical (unpaired) electrons. The third-order valence-electron chi connectivity index (χ3n) is 3.34. The van der Waals surface area contributed by atoms with E-state index < -0.39 is 5.82 Å². The Morgan fingerprint density at radius 1 is 1.33 bits per heavy atom. The molecule has 4 nitrogen and oxygen atoms in total. The van der Waals surface area contributed by atoms with Crippen LogP contribution >= 0.6 is 12.2 Å². The van der Waals surface area contributed by atoms with Gasteiger partial charge < -0.3 is 5.73 Å². The van der Waals surface area contributed by atoms with E-state index in [2.05, 4.69) is 0 Å². The van der Waals surface area contributed by atoms with Crippen molar-refractivity contribution in [3.63, 3.8) is 0 Å². The molecule has 1 heterocycles. The van der Waals surface area contributed by atoms with Gasteiger partial charge in [-0.1, -0.05) is 12.2 Å². The minimum absolute atomic E-state index is 0.0451. The van der Waals surface area contributed by atoms with Gasteiger partial charge >= 0.3 is 0 Å². The first-order valence-electron chi connectivity index (χ1n) is 5.48. The van der Waals surface area contributed by atoms with Crippen molar-refractivity contribution in [1.29, 1.82) is 0 Å². The summed E-state index contributed by atoms with van der Waals surface area (Å²) in [6, 6.07) is 3.89. The van der Waals surface area contributed by atoms with Gasteiger partial charge in [0.25, 0.3) is 0 Å². The summed E-state index contributed by atoms with van der Waals surface area (Å²) in [5.41, 5.74) is 5.77. The fraction of sp³-hybridized carbons (Fsp3) is 0.250. The number of benzene rings is 1. The van der Waals surface area contributed by atoms with E-state index in [1.807, 2.05) is 0 Å². The quantitative estimate of drug-likeness (QED) is 0.638. The second-order valence-corrected chi connectivity index (χ2v) is 4.93. The van der Waals surface area contributed by atoms with Crippen molar-refractivity contribution in [3.05, 3.63) is 29.6 Å². The number of halogens is 1. The number of anilines is 1. The lowest BCUT2D eigenvalue weighted by atomic mass is 10.1. The Bertz CT molecular complexity index is 582. The first-order valence-corrected chi connectivity index (χ1v) is 5.88. The summed E-state index contributed by atoms with van der Waals surface area (Å²) in [7, 11) is 0. The maximum Gasteiger partial charge on any atom is 0.237 e. The van der Waals surface area contributed by atoms with Crippen molar-refractivity contribution < 1.29 is 14.0 Å². The number of carbonyl (C=O) groups excluding carboxylic acids is 2. The van der Waals surface area contributed by atoms with Crippen LogP contribution in [0, 0.1) is 17.7 Å². The summed E-state index contributed by atoms with van der Waals surface area (Å²) in [6.07, 6.45) is 0.636. The highest BCUT2D eigenvalue weighted by molar-refractivity contribution is 7.80. The van der Waals surface area contributed by atoms with Crippen LogP contribution in [-0.4, -0.2) is 16.8 Å². The second kappa shape index (κ2) is 3.58. The Hall–Kier alpha value is -1.82. The summed E-state index contributed by atoms with van der Waals surface area (Å²) in [5, 5.41) is 0. The van der Waals surface area contributed by atoms with Gasteiger partial charge in [0.05, 0.1) is 17.5 Å². The second-order valence-electron chi connectivity index (χ2n) is 4.49. The van der Waals surface area contributed by atoms with E-state index in [0.29, 0.717) is 12.1 Å². The summed E-state index contributed by atoms with van der Waals surface area (Å²) in [4.78, 5) is 24.7. The molecule has 92 valence electrons. The number of nitrogens with zero attached hydrogens (tertiary/aromatic N) is 1. The molecule has 2 unspecified atom stereocenters. The average molecular weight is 264 g/mol. The van der Waals surface area contributed by atoms with Crippen LogP contribution in [0.5, 0.6) is 0 Å². The van der Waals surface area contributed by atoms with Crippen LogP contribution in [0.1, 0.15) is 12.0 Å². The number of nitrogens with two attached hydrogens (primary N) is 1. The molecule has 3 rings (SSSR count). The highest BCUT2D eigenvalue weighted by Gasteiger charge is 2.59. The maximum atomic E-state index is 13.4. The molecule has 6 heteroatoms. The fourth-order valence-electron chi connectivity index (χ4n) is 2.28. The zero-order chi connectivity index (χ0) is 13.0. The van der Waals surface area contributed by atoms with Gasteiger partial charge in [-0.25, -0.2) is 4.39 Å². The molecule has 1 saturated carbocycles. The van der Waals surface area contributed by atoms with Crippen LogP contribution < -0.4 is 10.6 Å². The predicted molar refractivity (Wildman–Crippen MR) is 66.4 cm³/mol. The third kappa shape index (κ3) is 1.45. The molecule has 1 aromatic carbocycles. The molecule has 0 spiro atoms. The molecule has 0 bridgehead atoms. The van der Waals surface area contributed by atoms with E-state index in [9.17, 15) is 14.0 Å². The number of carbonyl (C=O) groups is 2. The molecule has 2 aliphatic rings. The lowest BCUT2D eigenvalue weighted by Crippen LogP contribution is -2.33. The SMILES string of the molecule is NC(=S)c1cc(N2C(=O)C3CC3C2=O)ccc1F. The summed E-state index contributed by atoms with van der Waals surface area (Å²) in [5.74, 6) is -1.36. The fourth-order valence-corrected chi connectivity index (χ4v) is 2.43. The monoisotopic (exact) mass is 264 g/mol. The van der Waals surface area contributed by atoms with Gasteiger partial charge in [-0.15, -0.1) is 0 Å². The number of hydrogen-bond acceptors (Lipinski definition) is 3. The van der Waals surface area contributed by atoms with E-state index in [1.165, 1.54) is 12.1 Å². The van der Waals surface area contributed by atoms with Crippen LogP contribution in [0.4, 0.5) is 10.1 Å². The molecule has 2 amide bonds. The molecule has 0 aromatic heterocycles. The number of rotatable bonds is 2. The maximum absolute atomic E-state index is 13.4. The highest BCUT2D eigenvalue weighted by Crippen LogP contribution is 2.48. The first-order chi connectivity index (χ1) is 8.50. The Morgan fingerprint density at radius 2 is 1.94 bits per heavy atom. The van der Waals surface area contributed by atoms with Gasteiger partial charge in [0.2, 0.25) is 11.8 Å². The minimum atomic E-state index is -0.560. The van der Waals surface area contributed by atoms with E-state index >= 15 is 0 Å². The third-order valence-corrected chi connectivity index (χ3v) is 3.56. The normalized spacial score (nSPS) is 25.3. The number of hydrogen-bond donors (Lipinski definition) is 1. The van der Waals surface area contributed by atoms with Gasteiger partial charge in [-0.05, 0) is 24.6 Å². The number of thiocarbonyl (C=S) groups is 1. The van der Waals surface area contributed by atoms with Crippen LogP contribution in [0.2, 0.25) is 0 Å². The highest BCUT2D eigenvalue weighted by atomic mass is 32.1. The predicted octanol–water partition coefficient (Wildman–Crippen LogP) is 0.969. The molecular formula is C12H9FN2O2S. The number of amides is 2. The molecule has 2 fully saturated rings. The Labute approximate surface area is 108 Å². The summed E-state index contributed by atoms with van der Waals surface area (Å²) in [6.45, 7) is 0. The Kier molecular flexibility index (Phi) is 2.25. The van der Waals surface area contributed by atoms with Crippen molar-refractivity contribution in [2.45, 2.75) is 6.42 Å². The van der Waals surface area contributed by atoms with Crippen LogP contribution in [0.25, 0.3) is 0 Å². The zero-order valence-corrected chi connectivity index (χ0v) is 10.0. The first kappa shape index (κ1) is 11.3. The van der Waals surface area contributed by atoms with E-state index in [1.54, 1.807) is 0 Å². The van der Waals surface area contributed by atoms with E-state index in [0.717, 1.165) is 11.0 Å². The molecule has 18 heavy (non-hydrogen) atoms. The van der Waals surface area contributed by atoms with Crippen molar-refractivity contribution in [3.8, 4) is 0 Å². The van der Waals surface area contributed by atoms with Gasteiger partial charge in [-0.2, -0.15) is 0 Å². The summed E-state index contributed by atoms with van der Waals surface area (Å²) >= 11 is 4.72. The van der Waals surface area contributed by atoms with Crippen molar-refractivity contribution in [2.24, 2.45) is 17.6 Å². The number of fused-ring (bicyclic) bond motifs is 1. The number of imide groups is 1. The lowest BCUT2D eigenvalue weighted by Gasteiger charge is -2.17. The van der Waals surface area contributed by atoms with Gasteiger partial charge in [0, 0.05) is 5.56 Å². The van der Waals surface area contributed by atoms with Gasteiger partial charge in [0.15, 0.2) is 0 Å². The average Bonchev–Trinajstić information content (AvgIpc) is 3.06. The molecule has 1 aliphatic heterocycles. The van der Waals surface area contributed by atoms with Crippen molar-refractivity contribution in [1.82, 2.24) is 0 Å². The molecule has 1 saturated heterocycles. The molecule has 2 atom stereocenters. The Balaban J connectivity index is 2.03. The lowest BCUT2D eigenvalue weighted by molar-refractivity contribution is -0.123. The van der Waals surface area contributed by atoms with Crippen molar-refractivity contribution in [2.75, 3.05) is 4.90 Å². The topological polar surface area (TPSA) is 63.4 Å². The number of piperidine rings is 1. The molecule has 2 N–H and O–H groups in total. The largest absolute Gasteiger partial charge is 0.389 e. The Morgan fingerprint density at radius 3 is 2.50 bits per heavy atom.